The van der Waals surface area contributed by atoms with Crippen molar-refractivity contribution in [1.82, 2.24) is 0 Å². The lowest BCUT2D eigenvalue weighted by Crippen LogP contribution is -2.11. The fourth-order valence-corrected chi connectivity index (χ4v) is 1.49. The average Bonchev–Trinajstić information content (AvgIpc) is 2.20. The molecule has 0 saturated heterocycles. The van der Waals surface area contributed by atoms with E-state index in [9.17, 15) is 13.6 Å². The van der Waals surface area contributed by atoms with E-state index in [-0.39, 0.29) is 4.47 Å². The number of carboxylic acids is 1. The molecule has 0 saturated carbocycles. The van der Waals surface area contributed by atoms with Gasteiger partial charge >= 0.3 is 5.97 Å². The maximum Gasteiger partial charge on any atom is 0.328 e. The summed E-state index contributed by atoms with van der Waals surface area (Å²) in [6.45, 7) is 1.47. The number of carbonyl (C=O) groups is 1. The number of hydrogen-bond acceptors (Lipinski definition) is 2. The summed E-state index contributed by atoms with van der Waals surface area (Å²) in [5.74, 6) is -3.40. The van der Waals surface area contributed by atoms with Gasteiger partial charge in [-0.1, -0.05) is 15.9 Å². The molecule has 0 heterocycles. The molecule has 0 aliphatic rings. The van der Waals surface area contributed by atoms with Crippen LogP contribution in [0.15, 0.2) is 28.8 Å². The van der Waals surface area contributed by atoms with Gasteiger partial charge in [0.25, 0.3) is 0 Å². The first-order chi connectivity index (χ1) is 7.90. The highest BCUT2D eigenvalue weighted by atomic mass is 79.9. The van der Waals surface area contributed by atoms with Crippen LogP contribution < -0.4 is 4.74 Å². The van der Waals surface area contributed by atoms with E-state index >= 15 is 0 Å². The van der Waals surface area contributed by atoms with Crippen molar-refractivity contribution in [3.8, 4) is 5.75 Å². The lowest BCUT2D eigenvalue weighted by molar-refractivity contribution is -0.131. The quantitative estimate of drug-likeness (QED) is 0.869. The molecule has 1 aromatic rings. The molecule has 0 bridgehead atoms. The number of hydrogen-bond donors (Lipinski definition) is 1. The van der Waals surface area contributed by atoms with E-state index in [0.717, 1.165) is 18.2 Å². The van der Waals surface area contributed by atoms with Gasteiger partial charge in [0.2, 0.25) is 0 Å². The minimum Gasteiger partial charge on any atom is -0.481 e. The minimum absolute atomic E-state index is 0.258. The Morgan fingerprint density at radius 1 is 1.47 bits per heavy atom. The summed E-state index contributed by atoms with van der Waals surface area (Å²) < 4.78 is 31.9. The van der Waals surface area contributed by atoms with E-state index in [0.29, 0.717) is 0 Å². The first kappa shape index (κ1) is 13.6. The molecule has 0 aliphatic heterocycles. The van der Waals surface area contributed by atoms with E-state index in [4.69, 9.17) is 9.84 Å². The SMILES string of the molecule is C[C@@H](/C=C/C(=O)O)Oc1c(F)cc(Br)cc1F. The predicted octanol–water partition coefficient (Wildman–Crippen LogP) is 3.14. The van der Waals surface area contributed by atoms with Crippen molar-refractivity contribution in [3.05, 3.63) is 40.4 Å². The lowest BCUT2D eigenvalue weighted by atomic mass is 10.3. The van der Waals surface area contributed by atoms with Crippen LogP contribution in [0.5, 0.6) is 5.75 Å². The Balaban J connectivity index is 2.85. The summed E-state index contributed by atoms with van der Waals surface area (Å²) in [6, 6.07) is 2.12. The highest BCUT2D eigenvalue weighted by Gasteiger charge is 2.13. The zero-order valence-electron chi connectivity index (χ0n) is 8.78. The molecule has 0 spiro atoms. The molecule has 6 heteroatoms. The fraction of sp³-hybridized carbons (Fsp3) is 0.182. The average molecular weight is 307 g/mol. The van der Waals surface area contributed by atoms with Crippen molar-refractivity contribution in [2.45, 2.75) is 13.0 Å². The summed E-state index contributed by atoms with van der Waals surface area (Å²) in [7, 11) is 0. The maximum atomic E-state index is 13.3. The number of rotatable bonds is 4. The van der Waals surface area contributed by atoms with E-state index in [2.05, 4.69) is 15.9 Å². The van der Waals surface area contributed by atoms with Gasteiger partial charge in [-0.15, -0.1) is 0 Å². The molecule has 0 unspecified atom stereocenters. The Labute approximate surface area is 105 Å². The van der Waals surface area contributed by atoms with Gasteiger partial charge in [-0.25, -0.2) is 13.6 Å². The molecule has 1 aromatic carbocycles. The van der Waals surface area contributed by atoms with Gasteiger partial charge < -0.3 is 9.84 Å². The second kappa shape index (κ2) is 5.77. The summed E-state index contributed by atoms with van der Waals surface area (Å²) in [6.07, 6.45) is 1.28. The summed E-state index contributed by atoms with van der Waals surface area (Å²) in [5, 5.41) is 8.38. The molecule has 3 nitrogen and oxygen atoms in total. The molecule has 1 N–H and O–H groups in total. The Morgan fingerprint density at radius 2 is 2.00 bits per heavy atom. The van der Waals surface area contributed by atoms with Gasteiger partial charge in [0.1, 0.15) is 6.10 Å². The van der Waals surface area contributed by atoms with Crippen LogP contribution in [0.25, 0.3) is 0 Å². The largest absolute Gasteiger partial charge is 0.481 e. The molecule has 0 aromatic heterocycles. The molecular formula is C11H9BrF2O3. The summed E-state index contributed by atoms with van der Waals surface area (Å²) in [5.41, 5.74) is 0. The van der Waals surface area contributed by atoms with Crippen LogP contribution in [-0.2, 0) is 4.79 Å². The molecule has 0 fully saturated rings. The summed E-state index contributed by atoms with van der Waals surface area (Å²) in [4.78, 5) is 10.2. The molecular weight excluding hydrogens is 298 g/mol. The van der Waals surface area contributed by atoms with Crippen molar-refractivity contribution in [1.29, 1.82) is 0 Å². The van der Waals surface area contributed by atoms with Crippen LogP contribution in [0.1, 0.15) is 6.92 Å². The molecule has 1 rings (SSSR count). The lowest BCUT2D eigenvalue weighted by Gasteiger charge is -2.12. The van der Waals surface area contributed by atoms with Crippen molar-refractivity contribution in [2.24, 2.45) is 0 Å². The van der Waals surface area contributed by atoms with Crippen LogP contribution in [0.2, 0.25) is 0 Å². The number of ether oxygens (including phenoxy) is 1. The Hall–Kier alpha value is -1.43. The normalized spacial score (nSPS) is 12.7. The number of benzene rings is 1. The Bertz CT molecular complexity index is 437. The fourth-order valence-electron chi connectivity index (χ4n) is 1.08. The molecule has 92 valence electrons. The second-order valence-corrected chi connectivity index (χ2v) is 4.13. The van der Waals surface area contributed by atoms with Crippen LogP contribution >= 0.6 is 15.9 Å². The monoisotopic (exact) mass is 306 g/mol. The van der Waals surface area contributed by atoms with Crippen LogP contribution in [0, 0.1) is 11.6 Å². The number of carboxylic acid groups (broad SMARTS) is 1. The van der Waals surface area contributed by atoms with E-state index in [1.807, 2.05) is 0 Å². The number of halogens is 3. The van der Waals surface area contributed by atoms with Crippen LogP contribution in [-0.4, -0.2) is 17.2 Å². The van der Waals surface area contributed by atoms with Crippen molar-refractivity contribution in [3.63, 3.8) is 0 Å². The van der Waals surface area contributed by atoms with Crippen molar-refractivity contribution in [2.75, 3.05) is 0 Å². The van der Waals surface area contributed by atoms with E-state index in [1.165, 1.54) is 13.0 Å². The molecule has 0 amide bonds. The number of aliphatic carboxylic acids is 1. The third-order valence-corrected chi connectivity index (χ3v) is 2.23. The van der Waals surface area contributed by atoms with Crippen molar-refractivity contribution < 1.29 is 23.4 Å². The first-order valence-corrected chi connectivity index (χ1v) is 5.41. The van der Waals surface area contributed by atoms with Gasteiger partial charge in [0.15, 0.2) is 17.4 Å². The minimum atomic E-state index is -1.16. The zero-order chi connectivity index (χ0) is 13.0. The predicted molar refractivity (Wildman–Crippen MR) is 60.9 cm³/mol. The smallest absolute Gasteiger partial charge is 0.328 e. The van der Waals surface area contributed by atoms with Crippen molar-refractivity contribution >= 4 is 21.9 Å². The second-order valence-electron chi connectivity index (χ2n) is 3.22. The molecule has 0 aliphatic carbocycles. The topological polar surface area (TPSA) is 46.5 Å². The highest BCUT2D eigenvalue weighted by Crippen LogP contribution is 2.26. The third-order valence-electron chi connectivity index (χ3n) is 1.78. The van der Waals surface area contributed by atoms with Gasteiger partial charge in [-0.05, 0) is 25.1 Å². The summed E-state index contributed by atoms with van der Waals surface area (Å²) >= 11 is 2.94. The standard InChI is InChI=1S/C11H9BrF2O3/c1-6(2-3-10(15)16)17-11-8(13)4-7(12)5-9(11)14/h2-6H,1H3,(H,15,16)/b3-2+/t6-/m0/s1. The Morgan fingerprint density at radius 3 is 2.47 bits per heavy atom. The van der Waals surface area contributed by atoms with E-state index in [1.54, 1.807) is 0 Å². The van der Waals surface area contributed by atoms with Gasteiger partial charge in [-0.2, -0.15) is 0 Å². The zero-order valence-corrected chi connectivity index (χ0v) is 10.4. The molecule has 0 radical (unpaired) electrons. The third kappa shape index (κ3) is 4.14. The maximum absolute atomic E-state index is 13.3. The highest BCUT2D eigenvalue weighted by molar-refractivity contribution is 9.10. The van der Waals surface area contributed by atoms with Gasteiger partial charge in [-0.3, -0.25) is 0 Å². The molecule has 17 heavy (non-hydrogen) atoms. The van der Waals surface area contributed by atoms with Gasteiger partial charge in [0, 0.05) is 10.5 Å². The van der Waals surface area contributed by atoms with E-state index < -0.39 is 29.5 Å². The Kier molecular flexibility index (Phi) is 4.62. The molecule has 1 atom stereocenters. The van der Waals surface area contributed by atoms with Crippen LogP contribution in [0.3, 0.4) is 0 Å². The first-order valence-electron chi connectivity index (χ1n) is 4.62. The van der Waals surface area contributed by atoms with Crippen LogP contribution in [0.4, 0.5) is 8.78 Å². The van der Waals surface area contributed by atoms with Gasteiger partial charge in [0.05, 0.1) is 0 Å².